The molecule has 1 saturated heterocycles. The lowest BCUT2D eigenvalue weighted by Crippen LogP contribution is -2.56. The van der Waals surface area contributed by atoms with E-state index in [0.29, 0.717) is 11.7 Å². The third kappa shape index (κ3) is 3.35. The van der Waals surface area contributed by atoms with Crippen molar-refractivity contribution in [1.29, 1.82) is 0 Å². The standard InChI is InChI=1S/C20H20BrN3OS/c1-13-2-7-17-14(10-13)8-9-24-18(17)11-23(12-19(24)25)20(26)22-16-5-3-15(21)4-6-16/h2-7,10,18H,8-9,11-12H2,1H3,(H,22,26)/t18-/m0/s1. The number of anilines is 1. The van der Waals surface area contributed by atoms with Crippen LogP contribution in [0.4, 0.5) is 5.69 Å². The van der Waals surface area contributed by atoms with Crippen molar-refractivity contribution in [3.05, 3.63) is 63.6 Å². The first-order chi connectivity index (χ1) is 12.5. The molecule has 0 aromatic heterocycles. The van der Waals surface area contributed by atoms with Crippen molar-refractivity contribution in [2.45, 2.75) is 19.4 Å². The maximum Gasteiger partial charge on any atom is 0.242 e. The number of rotatable bonds is 1. The van der Waals surface area contributed by atoms with Crippen LogP contribution < -0.4 is 5.32 Å². The summed E-state index contributed by atoms with van der Waals surface area (Å²) in [5.74, 6) is 0.146. The third-order valence-corrected chi connectivity index (χ3v) is 5.97. The molecule has 6 heteroatoms. The summed E-state index contributed by atoms with van der Waals surface area (Å²) in [7, 11) is 0. The van der Waals surface area contributed by atoms with E-state index in [1.807, 2.05) is 34.1 Å². The molecule has 134 valence electrons. The summed E-state index contributed by atoms with van der Waals surface area (Å²) in [6.07, 6.45) is 0.931. The van der Waals surface area contributed by atoms with E-state index in [0.717, 1.165) is 29.7 Å². The lowest BCUT2D eigenvalue weighted by molar-refractivity contribution is -0.138. The lowest BCUT2D eigenvalue weighted by Gasteiger charge is -2.45. The average Bonchev–Trinajstić information content (AvgIpc) is 2.63. The Bertz CT molecular complexity index is 868. The molecule has 0 radical (unpaired) electrons. The summed E-state index contributed by atoms with van der Waals surface area (Å²) in [6.45, 7) is 3.97. The predicted octanol–water partition coefficient (Wildman–Crippen LogP) is 3.90. The molecule has 2 aliphatic rings. The van der Waals surface area contributed by atoms with Gasteiger partial charge < -0.3 is 15.1 Å². The number of fused-ring (bicyclic) bond motifs is 3. The van der Waals surface area contributed by atoms with Gasteiger partial charge in [0.1, 0.15) is 0 Å². The molecule has 0 saturated carbocycles. The van der Waals surface area contributed by atoms with Gasteiger partial charge in [0.15, 0.2) is 5.11 Å². The quantitative estimate of drug-likeness (QED) is 0.697. The number of carbonyl (C=O) groups is 1. The van der Waals surface area contributed by atoms with Crippen LogP contribution in [0.5, 0.6) is 0 Å². The van der Waals surface area contributed by atoms with Crippen molar-refractivity contribution in [2.24, 2.45) is 0 Å². The molecule has 0 bridgehead atoms. The van der Waals surface area contributed by atoms with Crippen LogP contribution in [0.2, 0.25) is 0 Å². The van der Waals surface area contributed by atoms with Gasteiger partial charge in [-0.15, -0.1) is 0 Å². The summed E-state index contributed by atoms with van der Waals surface area (Å²) in [5.41, 5.74) is 4.80. The molecule has 2 aromatic rings. The molecule has 1 atom stereocenters. The van der Waals surface area contributed by atoms with Gasteiger partial charge in [-0.05, 0) is 61.0 Å². The zero-order chi connectivity index (χ0) is 18.3. The van der Waals surface area contributed by atoms with Crippen molar-refractivity contribution in [3.63, 3.8) is 0 Å². The molecule has 26 heavy (non-hydrogen) atoms. The van der Waals surface area contributed by atoms with E-state index in [4.69, 9.17) is 12.2 Å². The van der Waals surface area contributed by atoms with Gasteiger partial charge in [0, 0.05) is 23.2 Å². The summed E-state index contributed by atoms with van der Waals surface area (Å²) in [6, 6.07) is 14.5. The fraction of sp³-hybridized carbons (Fsp3) is 0.300. The monoisotopic (exact) mass is 429 g/mol. The SMILES string of the molecule is Cc1ccc2c(c1)CCN1C(=O)CN(C(=S)Nc3ccc(Br)cc3)C[C@@H]21. The topological polar surface area (TPSA) is 35.6 Å². The van der Waals surface area contributed by atoms with Crippen LogP contribution in [0.25, 0.3) is 0 Å². The Balaban J connectivity index is 1.55. The molecule has 0 aliphatic carbocycles. The predicted molar refractivity (Wildman–Crippen MR) is 111 cm³/mol. The van der Waals surface area contributed by atoms with E-state index in [-0.39, 0.29) is 11.9 Å². The number of hydrogen-bond donors (Lipinski definition) is 1. The Hall–Kier alpha value is -1.92. The molecule has 2 aromatic carbocycles. The average molecular weight is 430 g/mol. The fourth-order valence-electron chi connectivity index (χ4n) is 3.75. The van der Waals surface area contributed by atoms with Crippen molar-refractivity contribution in [3.8, 4) is 0 Å². The van der Waals surface area contributed by atoms with Gasteiger partial charge in [0.05, 0.1) is 12.6 Å². The summed E-state index contributed by atoms with van der Waals surface area (Å²) >= 11 is 9.02. The second-order valence-electron chi connectivity index (χ2n) is 6.87. The number of carbonyl (C=O) groups excluding carboxylic acids is 1. The van der Waals surface area contributed by atoms with Crippen molar-refractivity contribution in [2.75, 3.05) is 25.0 Å². The molecule has 2 aliphatic heterocycles. The molecular weight excluding hydrogens is 410 g/mol. The molecule has 4 rings (SSSR count). The van der Waals surface area contributed by atoms with Crippen LogP contribution in [0, 0.1) is 6.92 Å². The molecule has 0 unspecified atom stereocenters. The van der Waals surface area contributed by atoms with E-state index in [9.17, 15) is 4.79 Å². The number of benzene rings is 2. The highest BCUT2D eigenvalue weighted by molar-refractivity contribution is 9.10. The Morgan fingerprint density at radius 3 is 2.77 bits per heavy atom. The minimum absolute atomic E-state index is 0.0743. The van der Waals surface area contributed by atoms with Crippen LogP contribution in [0.15, 0.2) is 46.9 Å². The summed E-state index contributed by atoms with van der Waals surface area (Å²) < 4.78 is 1.02. The first-order valence-corrected chi connectivity index (χ1v) is 9.92. The maximum atomic E-state index is 12.7. The second kappa shape index (κ2) is 7.00. The first-order valence-electron chi connectivity index (χ1n) is 8.71. The molecule has 4 nitrogen and oxygen atoms in total. The number of aryl methyl sites for hydroxylation is 1. The Morgan fingerprint density at radius 2 is 2.00 bits per heavy atom. The number of halogens is 1. The molecular formula is C20H20BrN3OS. The molecule has 1 N–H and O–H groups in total. The minimum atomic E-state index is 0.0743. The highest BCUT2D eigenvalue weighted by Crippen LogP contribution is 2.33. The Kier molecular flexibility index (Phi) is 4.71. The molecule has 0 spiro atoms. The van der Waals surface area contributed by atoms with Crippen LogP contribution >= 0.6 is 28.1 Å². The summed E-state index contributed by atoms with van der Waals surface area (Å²) in [4.78, 5) is 16.7. The highest BCUT2D eigenvalue weighted by Gasteiger charge is 2.37. The summed E-state index contributed by atoms with van der Waals surface area (Å²) in [5, 5.41) is 3.85. The van der Waals surface area contributed by atoms with Crippen LogP contribution in [-0.4, -0.2) is 40.5 Å². The van der Waals surface area contributed by atoms with Gasteiger partial charge in [-0.2, -0.15) is 0 Å². The zero-order valence-corrected chi connectivity index (χ0v) is 16.9. The van der Waals surface area contributed by atoms with Crippen LogP contribution in [0.3, 0.4) is 0 Å². The Morgan fingerprint density at radius 1 is 1.23 bits per heavy atom. The highest BCUT2D eigenvalue weighted by atomic mass is 79.9. The minimum Gasteiger partial charge on any atom is -0.337 e. The third-order valence-electron chi connectivity index (χ3n) is 5.08. The van der Waals surface area contributed by atoms with Crippen LogP contribution in [-0.2, 0) is 11.2 Å². The van der Waals surface area contributed by atoms with Gasteiger partial charge >= 0.3 is 0 Å². The van der Waals surface area contributed by atoms with E-state index in [1.54, 1.807) is 0 Å². The Labute approximate surface area is 167 Å². The van der Waals surface area contributed by atoms with E-state index in [2.05, 4.69) is 46.4 Å². The number of piperazine rings is 1. The van der Waals surface area contributed by atoms with Crippen molar-refractivity contribution < 1.29 is 4.79 Å². The molecule has 1 amide bonds. The normalized spacial score (nSPS) is 19.0. The van der Waals surface area contributed by atoms with Crippen LogP contribution in [0.1, 0.15) is 22.7 Å². The van der Waals surface area contributed by atoms with Gasteiger partial charge in [-0.3, -0.25) is 4.79 Å². The van der Waals surface area contributed by atoms with Crippen molar-refractivity contribution >= 4 is 44.9 Å². The number of nitrogens with zero attached hydrogens (tertiary/aromatic N) is 2. The van der Waals surface area contributed by atoms with E-state index >= 15 is 0 Å². The number of hydrogen-bond acceptors (Lipinski definition) is 2. The number of thiocarbonyl (C=S) groups is 1. The second-order valence-corrected chi connectivity index (χ2v) is 8.18. The van der Waals surface area contributed by atoms with E-state index < -0.39 is 0 Å². The number of nitrogens with one attached hydrogen (secondary N) is 1. The van der Waals surface area contributed by atoms with Crippen molar-refractivity contribution in [1.82, 2.24) is 9.80 Å². The molecule has 2 heterocycles. The molecule has 1 fully saturated rings. The zero-order valence-electron chi connectivity index (χ0n) is 14.5. The fourth-order valence-corrected chi connectivity index (χ4v) is 4.28. The van der Waals surface area contributed by atoms with E-state index in [1.165, 1.54) is 16.7 Å². The maximum absolute atomic E-state index is 12.7. The smallest absolute Gasteiger partial charge is 0.242 e. The van der Waals surface area contributed by atoms with Gasteiger partial charge in [-0.25, -0.2) is 0 Å². The van der Waals surface area contributed by atoms with Gasteiger partial charge in [0.2, 0.25) is 5.91 Å². The van der Waals surface area contributed by atoms with Gasteiger partial charge in [0.25, 0.3) is 0 Å². The number of amides is 1. The van der Waals surface area contributed by atoms with Gasteiger partial charge in [-0.1, -0.05) is 39.7 Å². The largest absolute Gasteiger partial charge is 0.337 e. The lowest BCUT2D eigenvalue weighted by atomic mass is 9.89. The first kappa shape index (κ1) is 17.5.